The highest BCUT2D eigenvalue weighted by Gasteiger charge is 2.35. The second-order valence-corrected chi connectivity index (χ2v) is 4.81. The summed E-state index contributed by atoms with van der Waals surface area (Å²) >= 11 is 5.94. The molecule has 0 saturated heterocycles. The molecule has 0 radical (unpaired) electrons. The van der Waals surface area contributed by atoms with E-state index in [0.717, 1.165) is 0 Å². The van der Waals surface area contributed by atoms with E-state index in [1.807, 2.05) is 0 Å². The summed E-state index contributed by atoms with van der Waals surface area (Å²) < 4.78 is 1.71. The molecule has 0 aliphatic heterocycles. The Morgan fingerprint density at radius 1 is 1.32 bits per heavy atom. The highest BCUT2D eigenvalue weighted by Crippen LogP contribution is 2.32. The second-order valence-electron chi connectivity index (χ2n) is 4.45. The number of rotatable bonds is 2. The van der Waals surface area contributed by atoms with Crippen molar-refractivity contribution >= 4 is 22.6 Å². The lowest BCUT2D eigenvalue weighted by molar-refractivity contribution is 0.0288. The van der Waals surface area contributed by atoms with Gasteiger partial charge in [-0.2, -0.15) is 0 Å². The van der Waals surface area contributed by atoms with Gasteiger partial charge in [0.1, 0.15) is 17.7 Å². The Hall–Kier alpha value is -1.47. The molecule has 0 fully saturated rings. The van der Waals surface area contributed by atoms with Crippen LogP contribution in [0.4, 0.5) is 0 Å². The van der Waals surface area contributed by atoms with Crippen molar-refractivity contribution in [2.45, 2.75) is 18.2 Å². The van der Waals surface area contributed by atoms with Gasteiger partial charge in [0, 0.05) is 6.20 Å². The Kier molecular flexibility index (Phi) is 3.02. The number of imidazole rings is 1. The Bertz CT molecular complexity index is 655. The number of nitrogens with zero attached hydrogens (tertiary/aromatic N) is 3. The minimum absolute atomic E-state index is 0.288. The van der Waals surface area contributed by atoms with Crippen LogP contribution in [0.25, 0.3) is 11.0 Å². The zero-order valence-electron chi connectivity index (χ0n) is 9.81. The van der Waals surface area contributed by atoms with Gasteiger partial charge in [-0.05, 0) is 11.6 Å². The first kappa shape index (κ1) is 12.6. The summed E-state index contributed by atoms with van der Waals surface area (Å²) in [6.07, 6.45) is 2.65. The zero-order chi connectivity index (χ0) is 13.6. The largest absolute Gasteiger partial charge is 0.392 e. The molecule has 2 aromatic rings. The minimum Gasteiger partial charge on any atom is -0.392 e. The molecule has 2 aromatic heterocycles. The average molecular weight is 282 g/mol. The molecule has 0 spiro atoms. The average Bonchev–Trinajstić information content (AvgIpc) is 2.94. The van der Waals surface area contributed by atoms with Gasteiger partial charge < -0.3 is 19.9 Å². The van der Waals surface area contributed by atoms with Crippen molar-refractivity contribution in [2.24, 2.45) is 0 Å². The van der Waals surface area contributed by atoms with Gasteiger partial charge in [0.2, 0.25) is 0 Å². The fourth-order valence-corrected chi connectivity index (χ4v) is 2.58. The Balaban J connectivity index is 2.11. The van der Waals surface area contributed by atoms with Crippen molar-refractivity contribution < 1.29 is 15.3 Å². The summed E-state index contributed by atoms with van der Waals surface area (Å²) in [5, 5.41) is 29.3. The van der Waals surface area contributed by atoms with Crippen molar-refractivity contribution in [3.63, 3.8) is 0 Å². The molecule has 19 heavy (non-hydrogen) atoms. The molecule has 1 aliphatic carbocycles. The van der Waals surface area contributed by atoms with Crippen LogP contribution in [0.1, 0.15) is 6.04 Å². The van der Waals surface area contributed by atoms with Gasteiger partial charge in [0.15, 0.2) is 5.15 Å². The molecule has 3 rings (SSSR count). The topological polar surface area (TPSA) is 91.4 Å². The lowest BCUT2D eigenvalue weighted by atomic mass is 10.1. The molecule has 2 heterocycles. The van der Waals surface area contributed by atoms with E-state index in [4.69, 9.17) is 16.7 Å². The van der Waals surface area contributed by atoms with Gasteiger partial charge in [-0.25, -0.2) is 9.97 Å². The summed E-state index contributed by atoms with van der Waals surface area (Å²) in [6, 6.07) is 1.25. The predicted molar refractivity (Wildman–Crippen MR) is 68.8 cm³/mol. The third-order valence-electron chi connectivity index (χ3n) is 3.39. The van der Waals surface area contributed by atoms with Crippen LogP contribution in [0.3, 0.4) is 0 Å². The monoisotopic (exact) mass is 281 g/mol. The van der Waals surface area contributed by atoms with E-state index in [2.05, 4.69) is 9.97 Å². The fraction of sp³-hybridized carbons (Fsp3) is 0.333. The van der Waals surface area contributed by atoms with Crippen LogP contribution in [0, 0.1) is 0 Å². The van der Waals surface area contributed by atoms with Gasteiger partial charge in [0.25, 0.3) is 0 Å². The molecule has 0 aromatic carbocycles. The predicted octanol–water partition coefficient (Wildman–Crippen LogP) is 0.280. The maximum atomic E-state index is 10.0. The first-order chi connectivity index (χ1) is 9.13. The molecule has 0 saturated carbocycles. The maximum Gasteiger partial charge on any atom is 0.156 e. The Morgan fingerprint density at radius 3 is 2.79 bits per heavy atom. The molecule has 0 bridgehead atoms. The number of hydrogen-bond acceptors (Lipinski definition) is 5. The summed E-state index contributed by atoms with van der Waals surface area (Å²) in [6.45, 7) is -0.288. The van der Waals surface area contributed by atoms with E-state index in [0.29, 0.717) is 16.6 Å². The van der Waals surface area contributed by atoms with Crippen molar-refractivity contribution in [3.8, 4) is 0 Å². The summed E-state index contributed by atoms with van der Waals surface area (Å²) in [5.41, 5.74) is 1.66. The van der Waals surface area contributed by atoms with Gasteiger partial charge in [-0.3, -0.25) is 0 Å². The normalized spacial score (nSPS) is 26.9. The van der Waals surface area contributed by atoms with Crippen LogP contribution in [-0.4, -0.2) is 48.7 Å². The molecule has 3 N–H and O–H groups in total. The first-order valence-electron chi connectivity index (χ1n) is 5.78. The number of fused-ring (bicyclic) bond motifs is 1. The van der Waals surface area contributed by atoms with E-state index < -0.39 is 18.2 Å². The van der Waals surface area contributed by atoms with Crippen LogP contribution in [-0.2, 0) is 0 Å². The molecule has 100 valence electrons. The summed E-state index contributed by atoms with van der Waals surface area (Å²) in [5.74, 6) is 0. The number of halogens is 1. The SMILES string of the molecule is OCC1=C[C@@H](n2cnc3c(Cl)nccc32)[C@H](O)[C@@H]1O. The van der Waals surface area contributed by atoms with Crippen molar-refractivity contribution in [1.29, 1.82) is 0 Å². The zero-order valence-corrected chi connectivity index (χ0v) is 10.6. The highest BCUT2D eigenvalue weighted by atomic mass is 35.5. The standard InChI is InChI=1S/C12H12ClN3O3/c13-12-9-7(1-2-14-12)16(5-15-9)8-3-6(4-17)10(18)11(8)19/h1-3,5,8,10-11,17-19H,4H2/t8-,10-,11+/m1/s1. The highest BCUT2D eigenvalue weighted by molar-refractivity contribution is 6.33. The quantitative estimate of drug-likeness (QED) is 0.543. The molecular formula is C12H12ClN3O3. The smallest absolute Gasteiger partial charge is 0.156 e. The Labute approximate surface area is 113 Å². The second kappa shape index (κ2) is 4.57. The van der Waals surface area contributed by atoms with Crippen LogP contribution >= 0.6 is 11.6 Å². The lowest BCUT2D eigenvalue weighted by Crippen LogP contribution is -2.29. The van der Waals surface area contributed by atoms with Crippen LogP contribution in [0.5, 0.6) is 0 Å². The van der Waals surface area contributed by atoms with Crippen molar-refractivity contribution in [2.75, 3.05) is 6.61 Å². The van der Waals surface area contributed by atoms with E-state index in [1.54, 1.807) is 22.9 Å². The first-order valence-corrected chi connectivity index (χ1v) is 6.16. The van der Waals surface area contributed by atoms with Crippen molar-refractivity contribution in [3.05, 3.63) is 35.4 Å². The molecule has 1 aliphatic rings. The molecule has 0 unspecified atom stereocenters. The van der Waals surface area contributed by atoms with E-state index in [9.17, 15) is 10.2 Å². The van der Waals surface area contributed by atoms with E-state index >= 15 is 0 Å². The van der Waals surface area contributed by atoms with Gasteiger partial charge in [-0.15, -0.1) is 0 Å². The number of aliphatic hydroxyl groups is 3. The summed E-state index contributed by atoms with van der Waals surface area (Å²) in [4.78, 5) is 8.09. The number of aliphatic hydroxyl groups excluding tert-OH is 3. The minimum atomic E-state index is -1.07. The number of hydrogen-bond donors (Lipinski definition) is 3. The third-order valence-corrected chi connectivity index (χ3v) is 3.67. The molecule has 6 nitrogen and oxygen atoms in total. The maximum absolute atomic E-state index is 10.0. The van der Waals surface area contributed by atoms with E-state index in [1.165, 1.54) is 6.33 Å². The molecule has 7 heteroatoms. The van der Waals surface area contributed by atoms with Gasteiger partial charge in [-0.1, -0.05) is 17.7 Å². The van der Waals surface area contributed by atoms with Crippen LogP contribution in [0.2, 0.25) is 5.15 Å². The van der Waals surface area contributed by atoms with Crippen molar-refractivity contribution in [1.82, 2.24) is 14.5 Å². The van der Waals surface area contributed by atoms with E-state index in [-0.39, 0.29) is 11.8 Å². The third kappa shape index (κ3) is 1.84. The fourth-order valence-electron chi connectivity index (χ4n) is 2.38. The molecular weight excluding hydrogens is 270 g/mol. The number of pyridine rings is 1. The molecule has 0 amide bonds. The summed E-state index contributed by atoms with van der Waals surface area (Å²) in [7, 11) is 0. The van der Waals surface area contributed by atoms with Crippen LogP contribution in [0.15, 0.2) is 30.2 Å². The molecule has 3 atom stereocenters. The van der Waals surface area contributed by atoms with Gasteiger partial charge in [0.05, 0.1) is 24.5 Å². The Morgan fingerprint density at radius 2 is 2.11 bits per heavy atom. The lowest BCUT2D eigenvalue weighted by Gasteiger charge is -2.19. The van der Waals surface area contributed by atoms with Gasteiger partial charge >= 0.3 is 0 Å². The number of aromatic nitrogens is 3. The van der Waals surface area contributed by atoms with Crippen LogP contribution < -0.4 is 0 Å².